The highest BCUT2D eigenvalue weighted by molar-refractivity contribution is 5.93. The predicted molar refractivity (Wildman–Crippen MR) is 85.6 cm³/mol. The van der Waals surface area contributed by atoms with Crippen LogP contribution >= 0.6 is 0 Å². The third-order valence-corrected chi connectivity index (χ3v) is 3.98. The molecule has 21 heavy (non-hydrogen) atoms. The summed E-state index contributed by atoms with van der Waals surface area (Å²) in [5, 5.41) is 3.40. The van der Waals surface area contributed by atoms with Crippen LogP contribution in [0.2, 0.25) is 0 Å². The molecule has 1 aromatic heterocycles. The van der Waals surface area contributed by atoms with Crippen LogP contribution in [0.1, 0.15) is 42.2 Å². The number of aromatic nitrogens is 1. The molecular weight excluding hydrogens is 264 g/mol. The van der Waals surface area contributed by atoms with E-state index in [1.807, 2.05) is 13.0 Å². The SMILES string of the molecule is CCCN(CC1CCNCC1)c1cc(C(N)=O)cc(C)n1. The molecule has 0 spiro atoms. The number of anilines is 1. The summed E-state index contributed by atoms with van der Waals surface area (Å²) in [7, 11) is 0. The van der Waals surface area contributed by atoms with Gasteiger partial charge in [-0.05, 0) is 57.3 Å². The molecule has 116 valence electrons. The Morgan fingerprint density at radius 2 is 2.14 bits per heavy atom. The number of nitrogens with two attached hydrogens (primary N) is 1. The lowest BCUT2D eigenvalue weighted by Crippen LogP contribution is -2.37. The maximum absolute atomic E-state index is 11.4. The summed E-state index contributed by atoms with van der Waals surface area (Å²) < 4.78 is 0. The van der Waals surface area contributed by atoms with Crippen molar-refractivity contribution >= 4 is 11.7 Å². The van der Waals surface area contributed by atoms with Gasteiger partial charge in [-0.1, -0.05) is 6.92 Å². The zero-order valence-electron chi connectivity index (χ0n) is 13.1. The van der Waals surface area contributed by atoms with E-state index in [9.17, 15) is 4.79 Å². The maximum atomic E-state index is 11.4. The number of nitrogens with zero attached hydrogens (tertiary/aromatic N) is 2. The molecule has 1 fully saturated rings. The van der Waals surface area contributed by atoms with Gasteiger partial charge in [-0.3, -0.25) is 4.79 Å². The Morgan fingerprint density at radius 1 is 1.43 bits per heavy atom. The van der Waals surface area contributed by atoms with Crippen LogP contribution < -0.4 is 16.0 Å². The Labute approximate surface area is 126 Å². The first-order valence-electron chi connectivity index (χ1n) is 7.84. The second kappa shape index (κ2) is 7.41. The molecule has 3 N–H and O–H groups in total. The van der Waals surface area contributed by atoms with Crippen molar-refractivity contribution in [3.63, 3.8) is 0 Å². The molecular formula is C16H26N4O. The van der Waals surface area contributed by atoms with Crippen molar-refractivity contribution in [3.05, 3.63) is 23.4 Å². The molecule has 0 bridgehead atoms. The number of aryl methyl sites for hydroxylation is 1. The summed E-state index contributed by atoms with van der Waals surface area (Å²) in [5.41, 5.74) is 6.80. The fourth-order valence-electron chi connectivity index (χ4n) is 2.90. The minimum absolute atomic E-state index is 0.389. The number of carbonyl (C=O) groups excluding carboxylic acids is 1. The summed E-state index contributed by atoms with van der Waals surface area (Å²) >= 11 is 0. The van der Waals surface area contributed by atoms with E-state index < -0.39 is 0 Å². The van der Waals surface area contributed by atoms with Crippen LogP contribution in [-0.4, -0.2) is 37.1 Å². The number of piperidine rings is 1. The van der Waals surface area contributed by atoms with E-state index in [0.717, 1.165) is 44.1 Å². The first-order chi connectivity index (χ1) is 10.1. The standard InChI is InChI=1S/C16H26N4O/c1-3-8-20(11-13-4-6-18-7-5-13)15-10-14(16(17)21)9-12(2)19-15/h9-10,13,18H,3-8,11H2,1-2H3,(H2,17,21). The van der Waals surface area contributed by atoms with Crippen LogP contribution in [0.3, 0.4) is 0 Å². The Balaban J connectivity index is 2.18. The highest BCUT2D eigenvalue weighted by atomic mass is 16.1. The van der Waals surface area contributed by atoms with Crippen LogP contribution in [-0.2, 0) is 0 Å². The Kier molecular flexibility index (Phi) is 5.56. The molecule has 1 saturated heterocycles. The third kappa shape index (κ3) is 4.43. The van der Waals surface area contributed by atoms with E-state index in [4.69, 9.17) is 5.73 Å². The van der Waals surface area contributed by atoms with Crippen molar-refractivity contribution in [2.45, 2.75) is 33.1 Å². The van der Waals surface area contributed by atoms with Crippen molar-refractivity contribution in [2.75, 3.05) is 31.1 Å². The van der Waals surface area contributed by atoms with Gasteiger partial charge in [0.05, 0.1) is 0 Å². The molecule has 1 amide bonds. The van der Waals surface area contributed by atoms with Gasteiger partial charge in [-0.2, -0.15) is 0 Å². The quantitative estimate of drug-likeness (QED) is 0.836. The molecule has 5 nitrogen and oxygen atoms in total. The lowest BCUT2D eigenvalue weighted by molar-refractivity contribution is 0.1000. The molecule has 0 radical (unpaired) electrons. The lowest BCUT2D eigenvalue weighted by Gasteiger charge is -2.31. The highest BCUT2D eigenvalue weighted by Crippen LogP contribution is 2.20. The topological polar surface area (TPSA) is 71.2 Å². The van der Waals surface area contributed by atoms with Gasteiger partial charge in [0.1, 0.15) is 5.82 Å². The summed E-state index contributed by atoms with van der Waals surface area (Å²) in [4.78, 5) is 18.3. The Hall–Kier alpha value is -1.62. The van der Waals surface area contributed by atoms with Gasteiger partial charge in [-0.15, -0.1) is 0 Å². The lowest BCUT2D eigenvalue weighted by atomic mass is 9.97. The Bertz CT molecular complexity index is 483. The fraction of sp³-hybridized carbons (Fsp3) is 0.625. The zero-order valence-corrected chi connectivity index (χ0v) is 13.1. The molecule has 0 aliphatic carbocycles. The maximum Gasteiger partial charge on any atom is 0.248 e. The average molecular weight is 290 g/mol. The summed E-state index contributed by atoms with van der Waals surface area (Å²) in [5.74, 6) is 1.18. The van der Waals surface area contributed by atoms with Crippen molar-refractivity contribution in [2.24, 2.45) is 11.7 Å². The molecule has 0 saturated carbocycles. The largest absolute Gasteiger partial charge is 0.366 e. The van der Waals surface area contributed by atoms with Gasteiger partial charge < -0.3 is 16.0 Å². The summed E-state index contributed by atoms with van der Waals surface area (Å²) in [6.07, 6.45) is 3.47. The van der Waals surface area contributed by atoms with Gasteiger partial charge >= 0.3 is 0 Å². The first kappa shape index (κ1) is 15.8. The Morgan fingerprint density at radius 3 is 2.76 bits per heavy atom. The van der Waals surface area contributed by atoms with Crippen LogP contribution in [0, 0.1) is 12.8 Å². The summed E-state index contributed by atoms with van der Waals surface area (Å²) in [6, 6.07) is 3.58. The van der Waals surface area contributed by atoms with E-state index in [0.29, 0.717) is 11.5 Å². The normalized spacial score (nSPS) is 15.9. The number of carbonyl (C=O) groups is 1. The van der Waals surface area contributed by atoms with Gasteiger partial charge in [0, 0.05) is 24.3 Å². The molecule has 0 atom stereocenters. The van der Waals surface area contributed by atoms with Gasteiger partial charge in [0.15, 0.2) is 0 Å². The number of nitrogens with one attached hydrogen (secondary N) is 1. The number of primary amides is 1. The van der Waals surface area contributed by atoms with E-state index in [-0.39, 0.29) is 5.91 Å². The molecule has 2 heterocycles. The number of pyridine rings is 1. The third-order valence-electron chi connectivity index (χ3n) is 3.98. The molecule has 5 heteroatoms. The van der Waals surface area contributed by atoms with E-state index >= 15 is 0 Å². The molecule has 2 rings (SSSR count). The van der Waals surface area contributed by atoms with Crippen molar-refractivity contribution in [1.29, 1.82) is 0 Å². The van der Waals surface area contributed by atoms with Crippen LogP contribution in [0.4, 0.5) is 5.82 Å². The van der Waals surface area contributed by atoms with Crippen molar-refractivity contribution in [1.82, 2.24) is 10.3 Å². The van der Waals surface area contributed by atoms with Crippen LogP contribution in [0.5, 0.6) is 0 Å². The van der Waals surface area contributed by atoms with Crippen LogP contribution in [0.25, 0.3) is 0 Å². The van der Waals surface area contributed by atoms with Crippen molar-refractivity contribution in [3.8, 4) is 0 Å². The van der Waals surface area contributed by atoms with E-state index in [1.165, 1.54) is 12.8 Å². The number of rotatable bonds is 6. The van der Waals surface area contributed by atoms with Gasteiger partial charge in [-0.25, -0.2) is 4.98 Å². The second-order valence-electron chi connectivity index (χ2n) is 5.86. The minimum atomic E-state index is -0.389. The zero-order chi connectivity index (χ0) is 15.2. The van der Waals surface area contributed by atoms with E-state index in [2.05, 4.69) is 22.1 Å². The summed E-state index contributed by atoms with van der Waals surface area (Å²) in [6.45, 7) is 8.23. The second-order valence-corrected chi connectivity index (χ2v) is 5.86. The monoisotopic (exact) mass is 290 g/mol. The molecule has 1 aliphatic heterocycles. The number of amides is 1. The molecule has 1 aromatic rings. The number of hydrogen-bond acceptors (Lipinski definition) is 4. The smallest absolute Gasteiger partial charge is 0.248 e. The molecule has 0 aromatic carbocycles. The van der Waals surface area contributed by atoms with E-state index in [1.54, 1.807) is 6.07 Å². The molecule has 1 aliphatic rings. The van der Waals surface area contributed by atoms with Crippen LogP contribution in [0.15, 0.2) is 12.1 Å². The predicted octanol–water partition coefficient (Wildman–Crippen LogP) is 1.70. The first-order valence-corrected chi connectivity index (χ1v) is 7.84. The van der Waals surface area contributed by atoms with Gasteiger partial charge in [0.25, 0.3) is 0 Å². The van der Waals surface area contributed by atoms with Crippen molar-refractivity contribution < 1.29 is 4.79 Å². The minimum Gasteiger partial charge on any atom is -0.366 e. The number of hydrogen-bond donors (Lipinski definition) is 2. The molecule has 0 unspecified atom stereocenters. The van der Waals surface area contributed by atoms with Gasteiger partial charge in [0.2, 0.25) is 5.91 Å². The average Bonchev–Trinajstić information content (AvgIpc) is 2.47. The highest BCUT2D eigenvalue weighted by Gasteiger charge is 2.18. The fourth-order valence-corrected chi connectivity index (χ4v) is 2.90.